The van der Waals surface area contributed by atoms with E-state index >= 15 is 0 Å². The maximum absolute atomic E-state index is 5.39. The van der Waals surface area contributed by atoms with Crippen molar-refractivity contribution in [2.75, 3.05) is 6.54 Å². The van der Waals surface area contributed by atoms with Gasteiger partial charge in [-0.3, -0.25) is 0 Å². The van der Waals surface area contributed by atoms with Crippen molar-refractivity contribution in [1.29, 1.82) is 0 Å². The number of halogens is 1. The second kappa shape index (κ2) is 5.17. The quantitative estimate of drug-likeness (QED) is 0.907. The fourth-order valence-corrected chi connectivity index (χ4v) is 1.70. The van der Waals surface area contributed by atoms with E-state index in [1.54, 1.807) is 6.26 Å². The Kier molecular flexibility index (Phi) is 4.41. The smallest absolute Gasteiger partial charge is 0.118 e. The largest absolute Gasteiger partial charge is 0.468 e. The molecule has 1 N–H and O–H groups in total. The molecule has 0 saturated heterocycles. The molecule has 1 heterocycles. The minimum absolute atomic E-state index is 0.189. The SMILES string of the molecule is CC(CNC(C)(C)C)Cc1occc1Br. The Morgan fingerprint density at radius 3 is 2.60 bits per heavy atom. The highest BCUT2D eigenvalue weighted by molar-refractivity contribution is 9.10. The van der Waals surface area contributed by atoms with E-state index in [4.69, 9.17) is 4.42 Å². The number of rotatable bonds is 4. The molecular formula is C12H20BrNO. The monoisotopic (exact) mass is 273 g/mol. The molecule has 1 rings (SSSR count). The van der Waals surface area contributed by atoms with E-state index in [1.165, 1.54) is 0 Å². The molecule has 0 fully saturated rings. The van der Waals surface area contributed by atoms with E-state index in [1.807, 2.05) is 6.07 Å². The molecule has 0 saturated carbocycles. The zero-order valence-corrected chi connectivity index (χ0v) is 11.5. The summed E-state index contributed by atoms with van der Waals surface area (Å²) in [5.74, 6) is 1.62. The van der Waals surface area contributed by atoms with Crippen molar-refractivity contribution in [3.8, 4) is 0 Å². The van der Waals surface area contributed by atoms with Crippen LogP contribution in [-0.2, 0) is 6.42 Å². The lowest BCUT2D eigenvalue weighted by molar-refractivity contribution is 0.366. The summed E-state index contributed by atoms with van der Waals surface area (Å²) in [6.07, 6.45) is 2.69. The molecule has 1 unspecified atom stereocenters. The molecule has 0 spiro atoms. The van der Waals surface area contributed by atoms with Crippen molar-refractivity contribution in [3.05, 3.63) is 22.6 Å². The van der Waals surface area contributed by atoms with Crippen molar-refractivity contribution in [3.63, 3.8) is 0 Å². The fourth-order valence-electron chi connectivity index (χ4n) is 1.34. The standard InChI is InChI=1S/C12H20BrNO/c1-9(8-14-12(2,3)4)7-11-10(13)5-6-15-11/h5-6,9,14H,7-8H2,1-4H3. The molecular weight excluding hydrogens is 254 g/mol. The van der Waals surface area contributed by atoms with Gasteiger partial charge < -0.3 is 9.73 Å². The van der Waals surface area contributed by atoms with Crippen molar-refractivity contribution in [2.24, 2.45) is 5.92 Å². The van der Waals surface area contributed by atoms with E-state index in [0.717, 1.165) is 23.2 Å². The molecule has 0 amide bonds. The Bertz CT molecular complexity index is 301. The van der Waals surface area contributed by atoms with E-state index in [-0.39, 0.29) is 5.54 Å². The van der Waals surface area contributed by atoms with Crippen LogP contribution in [0.3, 0.4) is 0 Å². The number of hydrogen-bond donors (Lipinski definition) is 1. The summed E-state index contributed by atoms with van der Waals surface area (Å²) in [6, 6.07) is 1.94. The lowest BCUT2D eigenvalue weighted by Crippen LogP contribution is -2.38. The predicted octanol–water partition coefficient (Wildman–Crippen LogP) is 3.61. The lowest BCUT2D eigenvalue weighted by atomic mass is 10.0. The van der Waals surface area contributed by atoms with Gasteiger partial charge in [-0.15, -0.1) is 0 Å². The van der Waals surface area contributed by atoms with Crippen LogP contribution in [0.2, 0.25) is 0 Å². The number of nitrogens with one attached hydrogen (secondary N) is 1. The van der Waals surface area contributed by atoms with Crippen LogP contribution in [-0.4, -0.2) is 12.1 Å². The summed E-state index contributed by atoms with van der Waals surface area (Å²) in [5, 5.41) is 3.50. The van der Waals surface area contributed by atoms with Crippen LogP contribution in [0.15, 0.2) is 21.2 Å². The maximum Gasteiger partial charge on any atom is 0.118 e. The molecule has 0 aliphatic rings. The molecule has 2 nitrogen and oxygen atoms in total. The van der Waals surface area contributed by atoms with Crippen LogP contribution >= 0.6 is 15.9 Å². The van der Waals surface area contributed by atoms with Crippen LogP contribution in [0.25, 0.3) is 0 Å². The van der Waals surface area contributed by atoms with Gasteiger partial charge in [-0.2, -0.15) is 0 Å². The zero-order chi connectivity index (χ0) is 11.5. The fraction of sp³-hybridized carbons (Fsp3) is 0.667. The van der Waals surface area contributed by atoms with Crippen LogP contribution in [0, 0.1) is 5.92 Å². The van der Waals surface area contributed by atoms with Crippen molar-refractivity contribution >= 4 is 15.9 Å². The highest BCUT2D eigenvalue weighted by Gasteiger charge is 2.13. The third-order valence-electron chi connectivity index (χ3n) is 2.21. The van der Waals surface area contributed by atoms with Gasteiger partial charge >= 0.3 is 0 Å². The van der Waals surface area contributed by atoms with Gasteiger partial charge in [0.15, 0.2) is 0 Å². The van der Waals surface area contributed by atoms with Gasteiger partial charge in [0, 0.05) is 12.0 Å². The molecule has 1 atom stereocenters. The summed E-state index contributed by atoms with van der Waals surface area (Å²) in [6.45, 7) is 9.79. The molecule has 1 aromatic rings. The van der Waals surface area contributed by atoms with Crippen molar-refractivity contribution in [1.82, 2.24) is 5.32 Å². The summed E-state index contributed by atoms with van der Waals surface area (Å²) in [5.41, 5.74) is 0.189. The van der Waals surface area contributed by atoms with E-state index in [9.17, 15) is 0 Å². The first-order valence-corrected chi connectivity index (χ1v) is 6.14. The summed E-state index contributed by atoms with van der Waals surface area (Å²) in [7, 11) is 0. The number of furan rings is 1. The topological polar surface area (TPSA) is 25.2 Å². The molecule has 0 radical (unpaired) electrons. The van der Waals surface area contributed by atoms with Gasteiger partial charge in [0.2, 0.25) is 0 Å². The molecule has 0 aliphatic carbocycles. The van der Waals surface area contributed by atoms with Crippen LogP contribution in [0.5, 0.6) is 0 Å². The Morgan fingerprint density at radius 2 is 2.13 bits per heavy atom. The zero-order valence-electron chi connectivity index (χ0n) is 9.93. The third kappa shape index (κ3) is 4.85. The van der Waals surface area contributed by atoms with Gasteiger partial charge in [0.25, 0.3) is 0 Å². The Morgan fingerprint density at radius 1 is 1.47 bits per heavy atom. The maximum atomic E-state index is 5.39. The highest BCUT2D eigenvalue weighted by Crippen LogP contribution is 2.20. The molecule has 3 heteroatoms. The lowest BCUT2D eigenvalue weighted by Gasteiger charge is -2.23. The average Bonchev–Trinajstić information content (AvgIpc) is 2.47. The van der Waals surface area contributed by atoms with Gasteiger partial charge in [-0.05, 0) is 55.2 Å². The summed E-state index contributed by atoms with van der Waals surface area (Å²) >= 11 is 3.47. The minimum Gasteiger partial charge on any atom is -0.468 e. The molecule has 0 bridgehead atoms. The Labute approximate surface area is 101 Å². The predicted molar refractivity (Wildman–Crippen MR) is 67.0 cm³/mol. The Hall–Kier alpha value is -0.280. The summed E-state index contributed by atoms with van der Waals surface area (Å²) in [4.78, 5) is 0. The molecule has 15 heavy (non-hydrogen) atoms. The molecule has 0 aromatic carbocycles. The van der Waals surface area contributed by atoms with Crippen molar-refractivity contribution in [2.45, 2.75) is 39.7 Å². The Balaban J connectivity index is 2.37. The van der Waals surface area contributed by atoms with E-state index < -0.39 is 0 Å². The van der Waals surface area contributed by atoms with E-state index in [2.05, 4.69) is 48.9 Å². The van der Waals surface area contributed by atoms with Crippen LogP contribution in [0.4, 0.5) is 0 Å². The van der Waals surface area contributed by atoms with Gasteiger partial charge in [0.1, 0.15) is 5.76 Å². The first-order chi connectivity index (χ1) is 6.88. The summed E-state index contributed by atoms with van der Waals surface area (Å²) < 4.78 is 6.47. The van der Waals surface area contributed by atoms with Crippen LogP contribution < -0.4 is 5.32 Å². The highest BCUT2D eigenvalue weighted by atomic mass is 79.9. The molecule has 86 valence electrons. The van der Waals surface area contributed by atoms with E-state index in [0.29, 0.717) is 5.92 Å². The first-order valence-electron chi connectivity index (χ1n) is 5.35. The van der Waals surface area contributed by atoms with Gasteiger partial charge in [-0.25, -0.2) is 0 Å². The third-order valence-corrected chi connectivity index (χ3v) is 2.91. The van der Waals surface area contributed by atoms with Crippen LogP contribution in [0.1, 0.15) is 33.5 Å². The molecule has 1 aromatic heterocycles. The van der Waals surface area contributed by atoms with Crippen molar-refractivity contribution < 1.29 is 4.42 Å². The van der Waals surface area contributed by atoms with Gasteiger partial charge in [0.05, 0.1) is 10.7 Å². The average molecular weight is 274 g/mol. The van der Waals surface area contributed by atoms with Gasteiger partial charge in [-0.1, -0.05) is 6.92 Å². The minimum atomic E-state index is 0.189. The number of hydrogen-bond acceptors (Lipinski definition) is 2. The second-order valence-electron chi connectivity index (χ2n) is 5.13. The normalized spacial score (nSPS) is 14.2. The molecule has 0 aliphatic heterocycles. The second-order valence-corrected chi connectivity index (χ2v) is 5.99. The first kappa shape index (κ1) is 12.8.